The van der Waals surface area contributed by atoms with E-state index in [9.17, 15) is 31.7 Å². The second kappa shape index (κ2) is 3.96. The number of halogens is 3. The van der Waals surface area contributed by atoms with E-state index in [0.717, 1.165) is 0 Å². The molecule has 10 heteroatoms. The van der Waals surface area contributed by atoms with E-state index in [1.165, 1.54) is 0 Å². The first kappa shape index (κ1) is 13.4. The van der Waals surface area contributed by atoms with E-state index < -0.39 is 37.4 Å². The molecule has 0 unspecified atom stereocenters. The maximum Gasteiger partial charge on any atom is 0.416 e. The second-order valence-corrected chi connectivity index (χ2v) is 4.30. The van der Waals surface area contributed by atoms with Crippen LogP contribution in [0.1, 0.15) is 5.56 Å². The Labute approximate surface area is 92.6 Å². The number of hydrogen-bond donors (Lipinski definition) is 1. The van der Waals surface area contributed by atoms with Crippen molar-refractivity contribution in [3.8, 4) is 0 Å². The zero-order chi connectivity index (χ0) is 13.4. The van der Waals surface area contributed by atoms with E-state index in [4.69, 9.17) is 4.55 Å². The number of nitrogens with zero attached hydrogens (tertiary/aromatic N) is 1. The van der Waals surface area contributed by atoms with Crippen LogP contribution >= 0.6 is 0 Å². The molecule has 0 bridgehead atoms. The van der Waals surface area contributed by atoms with E-state index in [2.05, 4.69) is 0 Å². The van der Waals surface area contributed by atoms with Crippen LogP contribution in [0.15, 0.2) is 23.1 Å². The average Bonchev–Trinajstić information content (AvgIpc) is 2.14. The zero-order valence-corrected chi connectivity index (χ0v) is 8.62. The highest BCUT2D eigenvalue weighted by Crippen LogP contribution is 2.34. The summed E-state index contributed by atoms with van der Waals surface area (Å²) < 4.78 is 66.8. The van der Waals surface area contributed by atoms with Crippen LogP contribution in [0.25, 0.3) is 0 Å². The second-order valence-electron chi connectivity index (χ2n) is 2.91. The van der Waals surface area contributed by atoms with E-state index >= 15 is 0 Å². The molecule has 0 atom stereocenters. The van der Waals surface area contributed by atoms with Crippen molar-refractivity contribution < 1.29 is 31.1 Å². The molecule has 0 heterocycles. The van der Waals surface area contributed by atoms with Gasteiger partial charge in [-0.05, 0) is 12.1 Å². The van der Waals surface area contributed by atoms with Crippen molar-refractivity contribution in [2.24, 2.45) is 0 Å². The molecule has 0 aromatic heterocycles. The van der Waals surface area contributed by atoms with Crippen LogP contribution in [0.4, 0.5) is 18.9 Å². The predicted octanol–water partition coefficient (Wildman–Crippen LogP) is 1.86. The predicted molar refractivity (Wildman–Crippen MR) is 47.9 cm³/mol. The molecular weight excluding hydrogens is 267 g/mol. The van der Waals surface area contributed by atoms with Gasteiger partial charge in [-0.1, -0.05) is 0 Å². The largest absolute Gasteiger partial charge is 0.416 e. The molecule has 94 valence electrons. The molecule has 1 rings (SSSR count). The molecular formula is C7H4F3NO5S. The summed E-state index contributed by atoms with van der Waals surface area (Å²) in [5.74, 6) is 0. The molecule has 0 aliphatic carbocycles. The maximum absolute atomic E-state index is 12.2. The number of alkyl halides is 3. The number of nitro groups is 1. The molecule has 0 radical (unpaired) electrons. The van der Waals surface area contributed by atoms with Crippen molar-refractivity contribution in [1.29, 1.82) is 0 Å². The summed E-state index contributed by atoms with van der Waals surface area (Å²) in [6.45, 7) is 0. The third-order valence-electron chi connectivity index (χ3n) is 1.76. The summed E-state index contributed by atoms with van der Waals surface area (Å²) >= 11 is 0. The quantitative estimate of drug-likeness (QED) is 0.503. The fraction of sp³-hybridized carbons (Fsp3) is 0.143. The molecule has 0 aliphatic rings. The molecule has 17 heavy (non-hydrogen) atoms. The Morgan fingerprint density at radius 2 is 1.82 bits per heavy atom. The lowest BCUT2D eigenvalue weighted by Crippen LogP contribution is -2.09. The Kier molecular flexibility index (Phi) is 3.12. The van der Waals surface area contributed by atoms with Gasteiger partial charge in [-0.15, -0.1) is 0 Å². The SMILES string of the molecule is O=[N+]([O-])c1ccc(C(F)(F)F)cc1S(=O)(=O)O. The monoisotopic (exact) mass is 271 g/mol. The molecule has 0 aliphatic heterocycles. The van der Waals surface area contributed by atoms with Gasteiger partial charge in [-0.3, -0.25) is 14.7 Å². The standard InChI is InChI=1S/C7H4F3NO5S/c8-7(9,10)4-1-2-5(11(12)13)6(3-4)17(14,15)16/h1-3H,(H,14,15,16). The Morgan fingerprint density at radius 1 is 1.29 bits per heavy atom. The fourth-order valence-corrected chi connectivity index (χ4v) is 1.73. The van der Waals surface area contributed by atoms with Gasteiger partial charge >= 0.3 is 16.3 Å². The number of hydrogen-bond acceptors (Lipinski definition) is 4. The first-order chi connectivity index (χ1) is 7.53. The van der Waals surface area contributed by atoms with Crippen LogP contribution in [0, 0.1) is 10.1 Å². The van der Waals surface area contributed by atoms with E-state index in [-0.39, 0.29) is 6.07 Å². The van der Waals surface area contributed by atoms with Gasteiger partial charge in [0.05, 0.1) is 10.5 Å². The van der Waals surface area contributed by atoms with Gasteiger partial charge in [-0.2, -0.15) is 21.6 Å². The molecule has 0 amide bonds. The van der Waals surface area contributed by atoms with Gasteiger partial charge in [0.1, 0.15) is 0 Å². The van der Waals surface area contributed by atoms with Gasteiger partial charge in [-0.25, -0.2) is 0 Å². The van der Waals surface area contributed by atoms with Crippen LogP contribution < -0.4 is 0 Å². The average molecular weight is 271 g/mol. The van der Waals surface area contributed by atoms with Crippen LogP contribution in [0.3, 0.4) is 0 Å². The highest BCUT2D eigenvalue weighted by Gasteiger charge is 2.34. The third-order valence-corrected chi connectivity index (χ3v) is 2.64. The van der Waals surface area contributed by atoms with Crippen molar-refractivity contribution in [3.63, 3.8) is 0 Å². The minimum atomic E-state index is -5.10. The van der Waals surface area contributed by atoms with Gasteiger partial charge in [0, 0.05) is 6.07 Å². The molecule has 0 saturated carbocycles. The van der Waals surface area contributed by atoms with E-state index in [0.29, 0.717) is 12.1 Å². The Hall–Kier alpha value is -1.68. The summed E-state index contributed by atoms with van der Waals surface area (Å²) in [7, 11) is -5.10. The highest BCUT2D eigenvalue weighted by molar-refractivity contribution is 7.86. The lowest BCUT2D eigenvalue weighted by molar-refractivity contribution is -0.388. The fourth-order valence-electron chi connectivity index (χ4n) is 1.05. The normalized spacial score (nSPS) is 12.5. The highest BCUT2D eigenvalue weighted by atomic mass is 32.2. The van der Waals surface area contributed by atoms with Crippen LogP contribution in [0.2, 0.25) is 0 Å². The van der Waals surface area contributed by atoms with Crippen LogP contribution in [-0.4, -0.2) is 17.9 Å². The maximum atomic E-state index is 12.2. The Bertz CT molecular complexity index is 565. The summed E-state index contributed by atoms with van der Waals surface area (Å²) in [6.07, 6.45) is -4.87. The van der Waals surface area contributed by atoms with E-state index in [1.807, 2.05) is 0 Å². The van der Waals surface area contributed by atoms with Gasteiger partial charge in [0.2, 0.25) is 0 Å². The summed E-state index contributed by atoms with van der Waals surface area (Å²) in [5, 5.41) is 10.4. The lowest BCUT2D eigenvalue weighted by Gasteiger charge is -2.07. The number of nitro benzene ring substituents is 1. The van der Waals surface area contributed by atoms with Crippen molar-refractivity contribution >= 4 is 15.8 Å². The van der Waals surface area contributed by atoms with Gasteiger partial charge in [0.15, 0.2) is 4.90 Å². The molecule has 0 saturated heterocycles. The topological polar surface area (TPSA) is 97.5 Å². The first-order valence-electron chi connectivity index (χ1n) is 3.86. The van der Waals surface area contributed by atoms with Crippen molar-refractivity contribution in [1.82, 2.24) is 0 Å². The molecule has 0 spiro atoms. The van der Waals surface area contributed by atoms with Crippen molar-refractivity contribution in [3.05, 3.63) is 33.9 Å². The third kappa shape index (κ3) is 2.91. The van der Waals surface area contributed by atoms with Gasteiger partial charge in [0.25, 0.3) is 5.69 Å². The van der Waals surface area contributed by atoms with Crippen molar-refractivity contribution in [2.75, 3.05) is 0 Å². The smallest absolute Gasteiger partial charge is 0.282 e. The van der Waals surface area contributed by atoms with Crippen molar-refractivity contribution in [2.45, 2.75) is 11.1 Å². The van der Waals surface area contributed by atoms with E-state index in [1.54, 1.807) is 0 Å². The first-order valence-corrected chi connectivity index (χ1v) is 5.30. The summed E-state index contributed by atoms with van der Waals surface area (Å²) in [6, 6.07) is 0.728. The Balaban J connectivity index is 3.57. The molecule has 1 N–H and O–H groups in total. The Morgan fingerprint density at radius 3 is 2.18 bits per heavy atom. The lowest BCUT2D eigenvalue weighted by atomic mass is 10.2. The molecule has 1 aromatic carbocycles. The number of benzene rings is 1. The number of rotatable bonds is 2. The molecule has 1 aromatic rings. The minimum absolute atomic E-state index is 0.00741. The van der Waals surface area contributed by atoms with Crippen LogP contribution in [0.5, 0.6) is 0 Å². The summed E-state index contributed by atoms with van der Waals surface area (Å²) in [5.41, 5.74) is -2.53. The zero-order valence-electron chi connectivity index (χ0n) is 7.80. The molecule has 6 nitrogen and oxygen atoms in total. The minimum Gasteiger partial charge on any atom is -0.282 e. The summed E-state index contributed by atoms with van der Waals surface area (Å²) in [4.78, 5) is 7.78. The van der Waals surface area contributed by atoms with Gasteiger partial charge < -0.3 is 0 Å². The van der Waals surface area contributed by atoms with Crippen LogP contribution in [-0.2, 0) is 16.3 Å². The molecule has 0 fully saturated rings.